The number of hydrogen-bond acceptors (Lipinski definition) is 4. The molecule has 0 atom stereocenters. The molecular weight excluding hydrogens is 298 g/mol. The fourth-order valence-corrected chi connectivity index (χ4v) is 2.85. The Balaban J connectivity index is 0.00000200. The Kier molecular flexibility index (Phi) is 5.42. The van der Waals surface area contributed by atoms with E-state index in [-0.39, 0.29) is 12.4 Å². The molecule has 7 heteroatoms. The summed E-state index contributed by atoms with van der Waals surface area (Å²) in [5.74, 6) is 0.970. The average molecular weight is 318 g/mol. The van der Waals surface area contributed by atoms with E-state index in [2.05, 4.69) is 15.0 Å². The molecule has 0 aliphatic carbocycles. The molecule has 5 nitrogen and oxygen atoms in total. The fourth-order valence-electron chi connectivity index (χ4n) is 2.17. The van der Waals surface area contributed by atoms with E-state index in [0.717, 1.165) is 35.6 Å². The molecule has 0 bridgehead atoms. The Labute approximate surface area is 126 Å². The normalized spacial score (nSPS) is 14.2. The number of hydrogen-bond donors (Lipinski definition) is 2. The van der Waals surface area contributed by atoms with Gasteiger partial charge in [0.05, 0.1) is 18.5 Å². The predicted octanol–water partition coefficient (Wildman–Crippen LogP) is 1.64. The third-order valence-corrected chi connectivity index (χ3v) is 3.75. The van der Waals surface area contributed by atoms with Crippen LogP contribution in [-0.2, 0) is 16.4 Å². The van der Waals surface area contributed by atoms with Gasteiger partial charge in [0, 0.05) is 13.0 Å². The maximum atomic E-state index is 11.4. The molecule has 0 aromatic heterocycles. The highest BCUT2D eigenvalue weighted by Crippen LogP contribution is 2.25. The maximum absolute atomic E-state index is 11.4. The standard InChI is InChI=1S/C13H19N3O2S.ClH/c1-9-4-5-11(8-12-14-6-7-15-12)10(2)13(9)16-19(3,17)18;/h4-5,16H,6-8H2,1-3H3,(H,14,15);1H. The molecule has 1 aliphatic rings. The molecule has 1 aromatic carbocycles. The highest BCUT2D eigenvalue weighted by atomic mass is 35.5. The lowest BCUT2D eigenvalue weighted by Crippen LogP contribution is -2.21. The molecule has 0 spiro atoms. The number of aliphatic imine (C=N–C) groups is 1. The first-order chi connectivity index (χ1) is 8.87. The maximum Gasteiger partial charge on any atom is 0.229 e. The number of benzene rings is 1. The summed E-state index contributed by atoms with van der Waals surface area (Å²) >= 11 is 0. The minimum absolute atomic E-state index is 0. The van der Waals surface area contributed by atoms with Gasteiger partial charge in [-0.05, 0) is 30.5 Å². The summed E-state index contributed by atoms with van der Waals surface area (Å²) in [5, 5.41) is 3.23. The molecule has 20 heavy (non-hydrogen) atoms. The van der Waals surface area contributed by atoms with Crippen molar-refractivity contribution >= 4 is 34.0 Å². The second kappa shape index (κ2) is 6.45. The van der Waals surface area contributed by atoms with Crippen LogP contribution in [-0.4, -0.2) is 33.6 Å². The van der Waals surface area contributed by atoms with Crippen molar-refractivity contribution in [1.29, 1.82) is 0 Å². The van der Waals surface area contributed by atoms with Crippen LogP contribution in [0, 0.1) is 13.8 Å². The van der Waals surface area contributed by atoms with Crippen LogP contribution in [0.15, 0.2) is 17.1 Å². The second-order valence-electron chi connectivity index (χ2n) is 4.85. The highest BCUT2D eigenvalue weighted by molar-refractivity contribution is 7.92. The minimum Gasteiger partial charge on any atom is -0.372 e. The van der Waals surface area contributed by atoms with Gasteiger partial charge in [-0.3, -0.25) is 9.71 Å². The molecule has 1 aromatic rings. The van der Waals surface area contributed by atoms with Crippen molar-refractivity contribution in [1.82, 2.24) is 5.32 Å². The van der Waals surface area contributed by atoms with E-state index in [0.29, 0.717) is 12.1 Å². The summed E-state index contributed by atoms with van der Waals surface area (Å²) in [6.45, 7) is 5.53. The van der Waals surface area contributed by atoms with Gasteiger partial charge in [0.2, 0.25) is 10.0 Å². The Bertz CT molecular complexity index is 627. The zero-order valence-electron chi connectivity index (χ0n) is 11.9. The first-order valence-corrected chi connectivity index (χ1v) is 8.10. The third kappa shape index (κ3) is 4.11. The van der Waals surface area contributed by atoms with Gasteiger partial charge in [0.25, 0.3) is 0 Å². The quantitative estimate of drug-likeness (QED) is 0.887. The predicted molar refractivity (Wildman–Crippen MR) is 85.6 cm³/mol. The molecule has 1 aliphatic heterocycles. The van der Waals surface area contributed by atoms with Gasteiger partial charge in [-0.2, -0.15) is 0 Å². The van der Waals surface area contributed by atoms with Crippen LogP contribution in [0.5, 0.6) is 0 Å². The monoisotopic (exact) mass is 317 g/mol. The summed E-state index contributed by atoms with van der Waals surface area (Å²) in [6, 6.07) is 3.96. The molecule has 2 rings (SSSR count). The molecule has 0 unspecified atom stereocenters. The van der Waals surface area contributed by atoms with Crippen LogP contribution in [0.1, 0.15) is 16.7 Å². The number of nitrogens with one attached hydrogen (secondary N) is 2. The summed E-state index contributed by atoms with van der Waals surface area (Å²) < 4.78 is 25.4. The smallest absolute Gasteiger partial charge is 0.229 e. The van der Waals surface area contributed by atoms with Gasteiger partial charge >= 0.3 is 0 Å². The van der Waals surface area contributed by atoms with E-state index >= 15 is 0 Å². The van der Waals surface area contributed by atoms with Crippen molar-refractivity contribution in [2.75, 3.05) is 24.1 Å². The molecule has 0 radical (unpaired) electrons. The minimum atomic E-state index is -3.26. The molecule has 2 N–H and O–H groups in total. The van der Waals surface area contributed by atoms with Gasteiger partial charge in [-0.15, -0.1) is 12.4 Å². The van der Waals surface area contributed by atoms with Crippen molar-refractivity contribution < 1.29 is 8.42 Å². The van der Waals surface area contributed by atoms with Crippen LogP contribution in [0.2, 0.25) is 0 Å². The molecule has 0 saturated heterocycles. The number of rotatable bonds is 4. The lowest BCUT2D eigenvalue weighted by molar-refractivity contribution is 0.606. The van der Waals surface area contributed by atoms with Crippen LogP contribution in [0.4, 0.5) is 5.69 Å². The molecule has 1 heterocycles. The largest absolute Gasteiger partial charge is 0.372 e. The van der Waals surface area contributed by atoms with Gasteiger partial charge in [-0.25, -0.2) is 8.42 Å². The van der Waals surface area contributed by atoms with Crippen molar-refractivity contribution in [3.8, 4) is 0 Å². The molecule has 0 fully saturated rings. The van der Waals surface area contributed by atoms with Gasteiger partial charge in [-0.1, -0.05) is 12.1 Å². The summed E-state index contributed by atoms with van der Waals surface area (Å²) in [4.78, 5) is 4.37. The lowest BCUT2D eigenvalue weighted by atomic mass is 10.0. The van der Waals surface area contributed by atoms with E-state index in [9.17, 15) is 8.42 Å². The zero-order chi connectivity index (χ0) is 14.0. The number of halogens is 1. The number of amidine groups is 1. The third-order valence-electron chi connectivity index (χ3n) is 3.17. The number of anilines is 1. The van der Waals surface area contributed by atoms with Crippen LogP contribution < -0.4 is 10.0 Å². The average Bonchev–Trinajstić information content (AvgIpc) is 2.80. The Morgan fingerprint density at radius 2 is 2.05 bits per heavy atom. The van der Waals surface area contributed by atoms with Crippen molar-refractivity contribution in [2.45, 2.75) is 20.3 Å². The second-order valence-corrected chi connectivity index (χ2v) is 6.60. The SMILES string of the molecule is Cc1ccc(CC2=NCCN2)c(C)c1NS(C)(=O)=O.Cl. The zero-order valence-corrected chi connectivity index (χ0v) is 13.5. The van der Waals surface area contributed by atoms with Crippen LogP contribution in [0.3, 0.4) is 0 Å². The number of aryl methyl sites for hydroxylation is 1. The van der Waals surface area contributed by atoms with E-state index in [1.807, 2.05) is 26.0 Å². The van der Waals surface area contributed by atoms with E-state index in [1.165, 1.54) is 6.26 Å². The molecule has 112 valence electrons. The number of sulfonamides is 1. The van der Waals surface area contributed by atoms with Gasteiger partial charge in [0.1, 0.15) is 5.84 Å². The molecule has 0 saturated carbocycles. The Morgan fingerprint density at radius 3 is 2.60 bits per heavy atom. The summed E-state index contributed by atoms with van der Waals surface area (Å²) in [5.41, 5.74) is 3.65. The Hall–Kier alpha value is -1.27. The van der Waals surface area contributed by atoms with Crippen LogP contribution >= 0.6 is 12.4 Å². The lowest BCUT2D eigenvalue weighted by Gasteiger charge is -2.15. The first-order valence-electron chi connectivity index (χ1n) is 6.21. The number of nitrogens with zero attached hydrogens (tertiary/aromatic N) is 1. The van der Waals surface area contributed by atoms with Gasteiger partial charge < -0.3 is 5.32 Å². The Morgan fingerprint density at radius 1 is 1.35 bits per heavy atom. The highest BCUT2D eigenvalue weighted by Gasteiger charge is 2.13. The fraction of sp³-hybridized carbons (Fsp3) is 0.462. The van der Waals surface area contributed by atoms with Crippen molar-refractivity contribution in [3.63, 3.8) is 0 Å². The van der Waals surface area contributed by atoms with Crippen molar-refractivity contribution in [3.05, 3.63) is 28.8 Å². The van der Waals surface area contributed by atoms with E-state index in [4.69, 9.17) is 0 Å². The summed E-state index contributed by atoms with van der Waals surface area (Å²) in [6.07, 6.45) is 1.88. The van der Waals surface area contributed by atoms with Crippen molar-refractivity contribution in [2.24, 2.45) is 4.99 Å². The summed E-state index contributed by atoms with van der Waals surface area (Å²) in [7, 11) is -3.26. The van der Waals surface area contributed by atoms with E-state index < -0.39 is 10.0 Å². The topological polar surface area (TPSA) is 70.6 Å². The van der Waals surface area contributed by atoms with Crippen LogP contribution in [0.25, 0.3) is 0 Å². The van der Waals surface area contributed by atoms with E-state index in [1.54, 1.807) is 0 Å². The van der Waals surface area contributed by atoms with Gasteiger partial charge in [0.15, 0.2) is 0 Å². The molecular formula is C13H20ClN3O2S. The molecule has 0 amide bonds. The first kappa shape index (κ1) is 16.8.